The number of urea groups is 1. The number of aryl methyl sites for hydroxylation is 1. The first-order valence-electron chi connectivity index (χ1n) is 8.59. The van der Waals surface area contributed by atoms with Crippen molar-refractivity contribution in [3.05, 3.63) is 35.7 Å². The van der Waals surface area contributed by atoms with Crippen LogP contribution in [0.3, 0.4) is 0 Å². The van der Waals surface area contributed by atoms with E-state index in [9.17, 15) is 18.0 Å². The number of halogens is 3. The Morgan fingerprint density at radius 2 is 2.22 bits per heavy atom. The number of nitrogens with zero attached hydrogens (tertiary/aromatic N) is 3. The minimum Gasteiger partial charge on any atom is -0.378 e. The zero-order chi connectivity index (χ0) is 19.4. The lowest BCUT2D eigenvalue weighted by molar-refractivity contribution is -0.137. The Labute approximate surface area is 153 Å². The lowest BCUT2D eigenvalue weighted by Crippen LogP contribution is -2.32. The maximum absolute atomic E-state index is 12.7. The first-order valence-corrected chi connectivity index (χ1v) is 8.59. The largest absolute Gasteiger partial charge is 0.417 e. The zero-order valence-corrected chi connectivity index (χ0v) is 14.7. The minimum absolute atomic E-state index is 0.172. The van der Waals surface area contributed by atoms with E-state index >= 15 is 0 Å². The predicted octanol–water partition coefficient (Wildman–Crippen LogP) is 3.29. The van der Waals surface area contributed by atoms with Gasteiger partial charge in [0.15, 0.2) is 5.82 Å². The molecule has 27 heavy (non-hydrogen) atoms. The lowest BCUT2D eigenvalue weighted by atomic mass is 10.2. The summed E-state index contributed by atoms with van der Waals surface area (Å²) in [6.45, 7) is 2.93. The summed E-state index contributed by atoms with van der Waals surface area (Å²) in [5, 5.41) is 9.56. The number of hydrogen-bond acceptors (Lipinski definition) is 4. The summed E-state index contributed by atoms with van der Waals surface area (Å²) < 4.78 is 44.8. The first-order chi connectivity index (χ1) is 12.8. The number of anilines is 1. The van der Waals surface area contributed by atoms with Crippen LogP contribution >= 0.6 is 0 Å². The summed E-state index contributed by atoms with van der Waals surface area (Å²) in [7, 11) is 0. The van der Waals surface area contributed by atoms with Crippen LogP contribution < -0.4 is 10.6 Å². The van der Waals surface area contributed by atoms with Crippen LogP contribution in [0.2, 0.25) is 0 Å². The van der Waals surface area contributed by atoms with Crippen molar-refractivity contribution in [1.29, 1.82) is 0 Å². The summed E-state index contributed by atoms with van der Waals surface area (Å²) in [5.41, 5.74) is -0.261. The number of carbonyl (C=O) groups excluding carboxylic acids is 1. The van der Waals surface area contributed by atoms with Crippen LogP contribution in [0.4, 0.5) is 23.8 Å². The third-order valence-corrected chi connectivity index (χ3v) is 4.14. The van der Waals surface area contributed by atoms with Gasteiger partial charge in [-0.25, -0.2) is 9.78 Å². The molecule has 3 heterocycles. The molecule has 2 aromatic heterocycles. The number of rotatable bonds is 5. The highest BCUT2D eigenvalue weighted by atomic mass is 19.4. The second-order valence-electron chi connectivity index (χ2n) is 6.29. The van der Waals surface area contributed by atoms with E-state index in [4.69, 9.17) is 4.74 Å². The fourth-order valence-electron chi connectivity index (χ4n) is 2.82. The zero-order valence-electron chi connectivity index (χ0n) is 14.7. The summed E-state index contributed by atoms with van der Waals surface area (Å²) in [5.74, 6) is 0.486. The average molecular weight is 383 g/mol. The minimum atomic E-state index is -4.46. The number of alkyl halides is 3. The van der Waals surface area contributed by atoms with Gasteiger partial charge in [-0.1, -0.05) is 0 Å². The van der Waals surface area contributed by atoms with E-state index in [0.29, 0.717) is 18.1 Å². The first kappa shape index (κ1) is 19.2. The molecular formula is C17H20F3N5O2. The van der Waals surface area contributed by atoms with Crippen LogP contribution in [0.25, 0.3) is 5.82 Å². The van der Waals surface area contributed by atoms with Gasteiger partial charge in [0.2, 0.25) is 0 Å². The van der Waals surface area contributed by atoms with Gasteiger partial charge in [0.1, 0.15) is 5.82 Å². The Balaban J connectivity index is 1.63. The monoisotopic (exact) mass is 383 g/mol. The van der Waals surface area contributed by atoms with Crippen molar-refractivity contribution in [2.45, 2.75) is 38.5 Å². The highest BCUT2D eigenvalue weighted by molar-refractivity contribution is 5.88. The van der Waals surface area contributed by atoms with Gasteiger partial charge in [-0.3, -0.25) is 5.32 Å². The van der Waals surface area contributed by atoms with Crippen molar-refractivity contribution >= 4 is 11.8 Å². The Morgan fingerprint density at radius 3 is 2.85 bits per heavy atom. The van der Waals surface area contributed by atoms with Gasteiger partial charge in [-0.05, 0) is 38.3 Å². The molecule has 2 aromatic rings. The third-order valence-electron chi connectivity index (χ3n) is 4.14. The molecule has 0 radical (unpaired) electrons. The van der Waals surface area contributed by atoms with E-state index in [1.54, 1.807) is 13.0 Å². The molecule has 146 valence electrons. The Kier molecular flexibility index (Phi) is 5.64. The number of amides is 2. The van der Waals surface area contributed by atoms with Crippen molar-refractivity contribution in [1.82, 2.24) is 20.1 Å². The SMILES string of the molecule is Cc1cc(NC(=O)NCC[C@@H]2CCCO2)n(-c2ccc(C(F)(F)F)cn2)n1. The van der Waals surface area contributed by atoms with E-state index in [-0.39, 0.29) is 11.9 Å². The molecule has 0 saturated carbocycles. The maximum atomic E-state index is 12.7. The summed E-state index contributed by atoms with van der Waals surface area (Å²) in [6, 6.07) is 3.31. The molecule has 10 heteroatoms. The van der Waals surface area contributed by atoms with E-state index in [2.05, 4.69) is 20.7 Å². The van der Waals surface area contributed by atoms with Crippen LogP contribution in [-0.4, -0.2) is 40.1 Å². The summed E-state index contributed by atoms with van der Waals surface area (Å²) in [4.78, 5) is 15.9. The van der Waals surface area contributed by atoms with Crippen molar-refractivity contribution in [3.8, 4) is 5.82 Å². The second-order valence-corrected chi connectivity index (χ2v) is 6.29. The van der Waals surface area contributed by atoms with Crippen molar-refractivity contribution in [2.75, 3.05) is 18.5 Å². The molecule has 7 nitrogen and oxygen atoms in total. The van der Waals surface area contributed by atoms with Crippen molar-refractivity contribution in [3.63, 3.8) is 0 Å². The van der Waals surface area contributed by atoms with Gasteiger partial charge < -0.3 is 10.1 Å². The fourth-order valence-corrected chi connectivity index (χ4v) is 2.82. The van der Waals surface area contributed by atoms with E-state index in [1.165, 1.54) is 10.7 Å². The average Bonchev–Trinajstić information content (AvgIpc) is 3.24. The predicted molar refractivity (Wildman–Crippen MR) is 91.7 cm³/mol. The molecule has 1 saturated heterocycles. The number of aromatic nitrogens is 3. The van der Waals surface area contributed by atoms with E-state index in [1.807, 2.05) is 0 Å². The number of carbonyl (C=O) groups is 1. The van der Waals surface area contributed by atoms with Crippen LogP contribution in [-0.2, 0) is 10.9 Å². The van der Waals surface area contributed by atoms with Crippen LogP contribution in [0.1, 0.15) is 30.5 Å². The summed E-state index contributed by atoms with van der Waals surface area (Å²) in [6.07, 6.45) is -0.793. The highest BCUT2D eigenvalue weighted by Crippen LogP contribution is 2.29. The van der Waals surface area contributed by atoms with Gasteiger partial charge in [-0.15, -0.1) is 0 Å². The van der Waals surface area contributed by atoms with Gasteiger partial charge in [0.25, 0.3) is 0 Å². The van der Waals surface area contributed by atoms with Gasteiger partial charge in [0, 0.05) is 25.4 Å². The van der Waals surface area contributed by atoms with E-state index in [0.717, 1.165) is 38.1 Å². The van der Waals surface area contributed by atoms with Crippen LogP contribution in [0.5, 0.6) is 0 Å². The highest BCUT2D eigenvalue weighted by Gasteiger charge is 2.30. The number of nitrogens with one attached hydrogen (secondary N) is 2. The third kappa shape index (κ3) is 4.97. The Hall–Kier alpha value is -2.62. The number of pyridine rings is 1. The number of ether oxygens (including phenoxy) is 1. The molecule has 1 aliphatic rings. The molecule has 0 aliphatic carbocycles. The van der Waals surface area contributed by atoms with Crippen molar-refractivity contribution in [2.24, 2.45) is 0 Å². The molecular weight excluding hydrogens is 363 g/mol. The topological polar surface area (TPSA) is 81.1 Å². The van der Waals surface area contributed by atoms with E-state index < -0.39 is 17.8 Å². The Morgan fingerprint density at radius 1 is 1.41 bits per heavy atom. The molecule has 0 spiro atoms. The molecule has 0 unspecified atom stereocenters. The quantitative estimate of drug-likeness (QED) is 0.830. The van der Waals surface area contributed by atoms with Gasteiger partial charge >= 0.3 is 12.2 Å². The molecule has 0 bridgehead atoms. The smallest absolute Gasteiger partial charge is 0.378 e. The van der Waals surface area contributed by atoms with Gasteiger partial charge in [-0.2, -0.15) is 23.0 Å². The lowest BCUT2D eigenvalue weighted by Gasteiger charge is -2.12. The molecule has 2 N–H and O–H groups in total. The van der Waals surface area contributed by atoms with Crippen molar-refractivity contribution < 1.29 is 22.7 Å². The molecule has 3 rings (SSSR count). The molecule has 1 aliphatic heterocycles. The van der Waals surface area contributed by atoms with Gasteiger partial charge in [0.05, 0.1) is 17.4 Å². The molecule has 1 fully saturated rings. The normalized spacial score (nSPS) is 17.1. The second kappa shape index (κ2) is 7.95. The molecule has 2 amide bonds. The fraction of sp³-hybridized carbons (Fsp3) is 0.471. The maximum Gasteiger partial charge on any atom is 0.417 e. The standard InChI is InChI=1S/C17H20F3N5O2/c1-11-9-15(23-16(26)21-7-6-13-3-2-8-27-13)25(24-11)14-5-4-12(10-22-14)17(18,19)20/h4-5,9-10,13H,2-3,6-8H2,1H3,(H2,21,23,26)/t13-/m0/s1. The molecule has 1 atom stereocenters. The van der Waals surface area contributed by atoms with Crippen LogP contribution in [0.15, 0.2) is 24.4 Å². The molecule has 0 aromatic carbocycles. The Bertz CT molecular complexity index is 783. The summed E-state index contributed by atoms with van der Waals surface area (Å²) >= 11 is 0. The number of hydrogen-bond donors (Lipinski definition) is 2. The van der Waals surface area contributed by atoms with Crippen LogP contribution in [0, 0.1) is 6.92 Å².